The van der Waals surface area contributed by atoms with Gasteiger partial charge >= 0.3 is 0 Å². The molecule has 0 bridgehead atoms. The van der Waals surface area contributed by atoms with E-state index in [1.165, 1.54) is 19.3 Å². The second-order valence-electron chi connectivity index (χ2n) is 5.64. The molecule has 2 aromatic heterocycles. The monoisotopic (exact) mass is 293 g/mol. The molecular weight excluding hydrogens is 274 g/mol. The lowest BCUT2D eigenvalue weighted by molar-refractivity contribution is 0.0208. The third kappa shape index (κ3) is 2.34. The minimum atomic E-state index is 0.372. The van der Waals surface area contributed by atoms with E-state index in [0.717, 1.165) is 41.7 Å². The highest BCUT2D eigenvalue weighted by Crippen LogP contribution is 2.35. The summed E-state index contributed by atoms with van der Waals surface area (Å²) in [6.45, 7) is 2.71. The largest absolute Gasteiger partial charge is 0.371 e. The molecule has 1 aliphatic heterocycles. The molecule has 0 atom stereocenters. The lowest BCUT2D eigenvalue weighted by Gasteiger charge is -2.22. The minimum Gasteiger partial charge on any atom is -0.371 e. The molecule has 20 heavy (non-hydrogen) atoms. The molecule has 1 saturated carbocycles. The van der Waals surface area contributed by atoms with Crippen LogP contribution in [0.4, 0.5) is 0 Å². The summed E-state index contributed by atoms with van der Waals surface area (Å²) < 4.78 is 7.88. The van der Waals surface area contributed by atoms with Gasteiger partial charge in [0.1, 0.15) is 11.6 Å². The molecule has 0 spiro atoms. The van der Waals surface area contributed by atoms with E-state index in [-0.39, 0.29) is 0 Å². The first-order chi connectivity index (χ1) is 9.90. The first kappa shape index (κ1) is 12.7. The molecule has 2 aliphatic rings. The summed E-state index contributed by atoms with van der Waals surface area (Å²) in [5.41, 5.74) is 0. The Labute approximate surface area is 121 Å². The summed E-state index contributed by atoms with van der Waals surface area (Å²) in [5.74, 6) is 1.60. The van der Waals surface area contributed by atoms with Crippen molar-refractivity contribution in [3.63, 3.8) is 0 Å². The van der Waals surface area contributed by atoms with Crippen LogP contribution < -0.4 is 5.32 Å². The van der Waals surface area contributed by atoms with Gasteiger partial charge in [0.2, 0.25) is 4.96 Å². The molecule has 6 nitrogen and oxygen atoms in total. The van der Waals surface area contributed by atoms with E-state index in [9.17, 15) is 0 Å². The number of ether oxygens (including phenoxy) is 1. The number of aromatic nitrogens is 4. The van der Waals surface area contributed by atoms with Gasteiger partial charge in [-0.05, 0) is 38.8 Å². The van der Waals surface area contributed by atoms with Crippen molar-refractivity contribution in [3.05, 3.63) is 10.8 Å². The van der Waals surface area contributed by atoms with Gasteiger partial charge in [0.05, 0.1) is 6.10 Å². The molecule has 4 rings (SSSR count). The Bertz CT molecular complexity index is 585. The Kier molecular flexibility index (Phi) is 3.41. The smallest absolute Gasteiger partial charge is 0.234 e. The third-order valence-electron chi connectivity index (χ3n) is 4.26. The van der Waals surface area contributed by atoms with Crippen molar-refractivity contribution in [1.29, 1.82) is 0 Å². The third-order valence-corrected chi connectivity index (χ3v) is 5.13. The Morgan fingerprint density at radius 1 is 1.20 bits per heavy atom. The Morgan fingerprint density at radius 3 is 2.80 bits per heavy atom. The predicted molar refractivity (Wildman–Crippen MR) is 75.9 cm³/mol. The summed E-state index contributed by atoms with van der Waals surface area (Å²) in [5, 5.41) is 17.5. The molecule has 0 unspecified atom stereocenters. The predicted octanol–water partition coefficient (Wildman–Crippen LogP) is 1.72. The molecule has 0 radical (unpaired) electrons. The van der Waals surface area contributed by atoms with E-state index in [1.807, 2.05) is 4.52 Å². The van der Waals surface area contributed by atoms with Crippen LogP contribution in [0.2, 0.25) is 0 Å². The van der Waals surface area contributed by atoms with Gasteiger partial charge in [-0.15, -0.1) is 10.2 Å². The topological polar surface area (TPSA) is 64.3 Å². The summed E-state index contributed by atoms with van der Waals surface area (Å²) in [6.07, 6.45) is 6.31. The zero-order valence-corrected chi connectivity index (χ0v) is 12.2. The van der Waals surface area contributed by atoms with Crippen molar-refractivity contribution in [2.45, 2.75) is 50.7 Å². The Balaban J connectivity index is 1.45. The van der Waals surface area contributed by atoms with Crippen LogP contribution >= 0.6 is 11.3 Å². The van der Waals surface area contributed by atoms with Crippen LogP contribution in [0.25, 0.3) is 4.96 Å². The zero-order chi connectivity index (χ0) is 13.4. The van der Waals surface area contributed by atoms with E-state index < -0.39 is 0 Å². The van der Waals surface area contributed by atoms with Gasteiger partial charge in [-0.3, -0.25) is 0 Å². The Morgan fingerprint density at radius 2 is 2.05 bits per heavy atom. The summed E-state index contributed by atoms with van der Waals surface area (Å²) in [4.78, 5) is 0.899. The van der Waals surface area contributed by atoms with E-state index in [0.29, 0.717) is 18.6 Å². The van der Waals surface area contributed by atoms with Gasteiger partial charge < -0.3 is 10.1 Å². The second-order valence-corrected chi connectivity index (χ2v) is 6.68. The highest BCUT2D eigenvalue weighted by atomic mass is 32.1. The molecule has 7 heteroatoms. The average molecular weight is 293 g/mol. The van der Waals surface area contributed by atoms with Gasteiger partial charge in [0, 0.05) is 5.92 Å². The molecule has 2 fully saturated rings. The molecule has 1 N–H and O–H groups in total. The standard InChI is InChI=1S/C13H19N5OS/c1-2-9(3-1)12-15-16-13-18(12)17-11(20-13)8-19-10-4-6-14-7-5-10/h9-10,14H,1-8H2. The Hall–Kier alpha value is -1.05. The number of fused-ring (bicyclic) bond motifs is 1. The molecule has 1 aliphatic carbocycles. The van der Waals surface area contributed by atoms with Crippen molar-refractivity contribution in [3.8, 4) is 0 Å². The summed E-state index contributed by atoms with van der Waals surface area (Å²) in [7, 11) is 0. The summed E-state index contributed by atoms with van der Waals surface area (Å²) >= 11 is 1.60. The van der Waals surface area contributed by atoms with Crippen molar-refractivity contribution < 1.29 is 4.74 Å². The maximum absolute atomic E-state index is 5.95. The lowest BCUT2D eigenvalue weighted by Crippen LogP contribution is -2.32. The van der Waals surface area contributed by atoms with Gasteiger partial charge in [0.15, 0.2) is 5.82 Å². The van der Waals surface area contributed by atoms with E-state index >= 15 is 0 Å². The van der Waals surface area contributed by atoms with Crippen LogP contribution in [0.3, 0.4) is 0 Å². The number of hydrogen-bond donors (Lipinski definition) is 1. The van der Waals surface area contributed by atoms with Crippen molar-refractivity contribution in [1.82, 2.24) is 25.1 Å². The highest BCUT2D eigenvalue weighted by molar-refractivity contribution is 7.16. The molecule has 3 heterocycles. The first-order valence-corrected chi connectivity index (χ1v) is 8.25. The quantitative estimate of drug-likeness (QED) is 0.930. The summed E-state index contributed by atoms with van der Waals surface area (Å²) in [6, 6.07) is 0. The van der Waals surface area contributed by atoms with Gasteiger partial charge in [-0.25, -0.2) is 0 Å². The van der Waals surface area contributed by atoms with E-state index in [4.69, 9.17) is 4.74 Å². The highest BCUT2D eigenvalue weighted by Gasteiger charge is 2.26. The van der Waals surface area contributed by atoms with Crippen LogP contribution in [0.15, 0.2) is 0 Å². The normalized spacial score (nSPS) is 21.4. The van der Waals surface area contributed by atoms with E-state index in [2.05, 4.69) is 20.6 Å². The van der Waals surface area contributed by atoms with Crippen LogP contribution in [0.1, 0.15) is 48.9 Å². The van der Waals surface area contributed by atoms with Crippen molar-refractivity contribution in [2.24, 2.45) is 0 Å². The number of piperidine rings is 1. The van der Waals surface area contributed by atoms with Gasteiger partial charge in [0.25, 0.3) is 0 Å². The molecule has 2 aromatic rings. The molecular formula is C13H19N5OS. The van der Waals surface area contributed by atoms with Gasteiger partial charge in [-0.1, -0.05) is 17.8 Å². The van der Waals surface area contributed by atoms with Crippen LogP contribution in [0.5, 0.6) is 0 Å². The van der Waals surface area contributed by atoms with E-state index in [1.54, 1.807) is 11.3 Å². The van der Waals surface area contributed by atoms with Crippen molar-refractivity contribution >= 4 is 16.3 Å². The molecule has 108 valence electrons. The number of nitrogens with one attached hydrogen (secondary N) is 1. The van der Waals surface area contributed by atoms with Gasteiger partial charge in [-0.2, -0.15) is 9.61 Å². The second kappa shape index (κ2) is 5.38. The average Bonchev–Trinajstić information content (AvgIpc) is 2.98. The molecule has 0 amide bonds. The fraction of sp³-hybridized carbons (Fsp3) is 0.769. The molecule has 0 aromatic carbocycles. The zero-order valence-electron chi connectivity index (χ0n) is 11.4. The SMILES string of the molecule is C1CC(c2nnc3sc(COC4CCNCC4)nn23)C1. The van der Waals surface area contributed by atoms with Crippen molar-refractivity contribution in [2.75, 3.05) is 13.1 Å². The minimum absolute atomic E-state index is 0.372. The first-order valence-electron chi connectivity index (χ1n) is 7.43. The fourth-order valence-corrected chi connectivity index (χ4v) is 3.56. The number of rotatable bonds is 4. The molecule has 1 saturated heterocycles. The fourth-order valence-electron chi connectivity index (χ4n) is 2.80. The maximum atomic E-state index is 5.95. The maximum Gasteiger partial charge on any atom is 0.234 e. The number of nitrogens with zero attached hydrogens (tertiary/aromatic N) is 4. The number of hydrogen-bond acceptors (Lipinski definition) is 6. The van der Waals surface area contributed by atoms with Crippen LogP contribution in [-0.2, 0) is 11.3 Å². The van der Waals surface area contributed by atoms with Crippen LogP contribution in [-0.4, -0.2) is 39.0 Å². The lowest BCUT2D eigenvalue weighted by atomic mass is 9.85. The van der Waals surface area contributed by atoms with Crippen LogP contribution in [0, 0.1) is 0 Å².